The Morgan fingerprint density at radius 1 is 1.00 bits per heavy atom. The zero-order valence-electron chi connectivity index (χ0n) is 6.40. The summed E-state index contributed by atoms with van der Waals surface area (Å²) in [6, 6.07) is 0. The average molecular weight is 162 g/mol. The van der Waals surface area contributed by atoms with E-state index in [2.05, 4.69) is 0 Å². The Morgan fingerprint density at radius 3 is 1.82 bits per heavy atom. The molecule has 2 unspecified atom stereocenters. The van der Waals surface area contributed by atoms with Crippen molar-refractivity contribution < 1.29 is 19.7 Å². The Morgan fingerprint density at radius 2 is 1.45 bits per heavy atom. The summed E-state index contributed by atoms with van der Waals surface area (Å²) in [5.41, 5.74) is 0. The van der Waals surface area contributed by atoms with Gasteiger partial charge in [-0.05, 0) is 19.3 Å². The molecule has 2 N–H and O–H groups in total. The summed E-state index contributed by atoms with van der Waals surface area (Å²) in [6.07, 6.45) is 2.81. The van der Waals surface area contributed by atoms with Gasteiger partial charge >= 0.3 is 0 Å². The van der Waals surface area contributed by atoms with Crippen molar-refractivity contribution in [1.82, 2.24) is 0 Å². The number of hydrogen-bond donors (Lipinski definition) is 2. The quantitative estimate of drug-likeness (QED) is 0.564. The van der Waals surface area contributed by atoms with E-state index < -0.39 is 0 Å². The normalized spacial score (nSPS) is 31.1. The van der Waals surface area contributed by atoms with Crippen LogP contribution in [0.1, 0.15) is 19.3 Å². The molecule has 0 aromatic carbocycles. The highest BCUT2D eigenvalue weighted by Crippen LogP contribution is 2.23. The Kier molecular flexibility index (Phi) is 3.79. The summed E-state index contributed by atoms with van der Waals surface area (Å²) in [7, 11) is 0. The molecule has 2 atom stereocenters. The second-order valence-electron chi connectivity index (χ2n) is 2.65. The first-order valence-electron chi connectivity index (χ1n) is 3.81. The van der Waals surface area contributed by atoms with Gasteiger partial charge in [-0.25, -0.2) is 0 Å². The van der Waals surface area contributed by atoms with Crippen LogP contribution in [0.3, 0.4) is 0 Å². The molecule has 11 heavy (non-hydrogen) atoms. The Labute approximate surface area is 65.7 Å². The van der Waals surface area contributed by atoms with E-state index in [1.807, 2.05) is 0 Å². The monoisotopic (exact) mass is 162 g/mol. The highest BCUT2D eigenvalue weighted by Gasteiger charge is 2.25. The third kappa shape index (κ3) is 2.75. The van der Waals surface area contributed by atoms with E-state index in [4.69, 9.17) is 19.7 Å². The molecule has 0 aromatic rings. The molecule has 4 heteroatoms. The number of ether oxygens (including phenoxy) is 2. The largest absolute Gasteiger partial charge is 0.371 e. The minimum Gasteiger partial charge on any atom is -0.371 e. The lowest BCUT2D eigenvalue weighted by Gasteiger charge is -2.09. The fraction of sp³-hybridized carbons (Fsp3) is 1.00. The summed E-state index contributed by atoms with van der Waals surface area (Å²) in [6.45, 7) is -0.451. The van der Waals surface area contributed by atoms with E-state index >= 15 is 0 Å². The van der Waals surface area contributed by atoms with E-state index in [1.54, 1.807) is 0 Å². The van der Waals surface area contributed by atoms with Gasteiger partial charge in [0.05, 0.1) is 12.2 Å². The summed E-state index contributed by atoms with van der Waals surface area (Å²) in [5.74, 6) is 0. The fourth-order valence-electron chi connectivity index (χ4n) is 1.41. The Hall–Kier alpha value is -0.160. The molecule has 0 saturated heterocycles. The van der Waals surface area contributed by atoms with Gasteiger partial charge in [-0.3, -0.25) is 0 Å². The predicted octanol–water partition coefficient (Wildman–Crippen LogP) is -0.160. The molecular weight excluding hydrogens is 148 g/mol. The predicted molar refractivity (Wildman–Crippen MR) is 37.8 cm³/mol. The SMILES string of the molecule is OCOC1CCC(OCO)C1. The molecule has 1 aliphatic carbocycles. The van der Waals surface area contributed by atoms with Crippen molar-refractivity contribution in [3.05, 3.63) is 0 Å². The zero-order valence-corrected chi connectivity index (χ0v) is 6.40. The lowest BCUT2D eigenvalue weighted by Crippen LogP contribution is -2.13. The van der Waals surface area contributed by atoms with Crippen LogP contribution in [0.15, 0.2) is 0 Å². The molecule has 0 aliphatic heterocycles. The van der Waals surface area contributed by atoms with Gasteiger partial charge in [0, 0.05) is 0 Å². The molecule has 1 rings (SSSR count). The van der Waals surface area contributed by atoms with Crippen LogP contribution in [0.25, 0.3) is 0 Å². The maximum absolute atomic E-state index is 8.43. The van der Waals surface area contributed by atoms with Crippen LogP contribution < -0.4 is 0 Å². The van der Waals surface area contributed by atoms with Crippen molar-refractivity contribution in [1.29, 1.82) is 0 Å². The maximum atomic E-state index is 8.43. The van der Waals surface area contributed by atoms with Crippen molar-refractivity contribution in [3.63, 3.8) is 0 Å². The molecule has 1 aliphatic rings. The Balaban J connectivity index is 2.12. The summed E-state index contributed by atoms with van der Waals surface area (Å²) in [4.78, 5) is 0. The number of rotatable bonds is 4. The van der Waals surface area contributed by atoms with Crippen LogP contribution in [-0.2, 0) is 9.47 Å². The number of aliphatic hydroxyl groups excluding tert-OH is 2. The molecule has 0 spiro atoms. The van der Waals surface area contributed by atoms with Crippen molar-refractivity contribution in [3.8, 4) is 0 Å². The van der Waals surface area contributed by atoms with E-state index in [0.29, 0.717) is 0 Å². The van der Waals surface area contributed by atoms with Crippen LogP contribution in [-0.4, -0.2) is 36.0 Å². The highest BCUT2D eigenvalue weighted by molar-refractivity contribution is 4.75. The molecule has 0 amide bonds. The van der Waals surface area contributed by atoms with E-state index in [1.165, 1.54) is 0 Å². The second-order valence-corrected chi connectivity index (χ2v) is 2.65. The van der Waals surface area contributed by atoms with Crippen molar-refractivity contribution in [2.45, 2.75) is 31.5 Å². The lowest BCUT2D eigenvalue weighted by atomic mass is 10.3. The van der Waals surface area contributed by atoms with E-state index in [9.17, 15) is 0 Å². The average Bonchev–Trinajstić information content (AvgIpc) is 2.38. The van der Waals surface area contributed by atoms with Gasteiger partial charge in [-0.15, -0.1) is 0 Å². The fourth-order valence-corrected chi connectivity index (χ4v) is 1.41. The second kappa shape index (κ2) is 4.66. The standard InChI is InChI=1S/C7H14O4/c8-4-10-6-1-2-7(3-6)11-5-9/h6-9H,1-5H2. The van der Waals surface area contributed by atoms with Gasteiger partial charge in [0.1, 0.15) is 13.6 Å². The molecule has 0 bridgehead atoms. The third-order valence-corrected chi connectivity index (χ3v) is 1.96. The van der Waals surface area contributed by atoms with Crippen molar-refractivity contribution >= 4 is 0 Å². The first kappa shape index (κ1) is 8.93. The third-order valence-electron chi connectivity index (χ3n) is 1.96. The van der Waals surface area contributed by atoms with Crippen LogP contribution >= 0.6 is 0 Å². The summed E-state index contributed by atoms with van der Waals surface area (Å²) in [5, 5.41) is 16.9. The van der Waals surface area contributed by atoms with Gasteiger partial charge in [-0.1, -0.05) is 0 Å². The first-order chi connectivity index (χ1) is 5.36. The smallest absolute Gasteiger partial charge is 0.143 e. The molecule has 0 radical (unpaired) electrons. The van der Waals surface area contributed by atoms with Crippen LogP contribution in [0, 0.1) is 0 Å². The molecule has 1 fully saturated rings. The zero-order chi connectivity index (χ0) is 8.10. The minimum absolute atomic E-state index is 0.108. The Bertz CT molecular complexity index is 94.6. The van der Waals surface area contributed by atoms with Gasteiger partial charge in [0.25, 0.3) is 0 Å². The molecule has 0 heterocycles. The molecule has 0 aromatic heterocycles. The van der Waals surface area contributed by atoms with Gasteiger partial charge < -0.3 is 19.7 Å². The van der Waals surface area contributed by atoms with Crippen LogP contribution in [0.2, 0.25) is 0 Å². The number of hydrogen-bond acceptors (Lipinski definition) is 4. The highest BCUT2D eigenvalue weighted by atomic mass is 16.6. The maximum Gasteiger partial charge on any atom is 0.143 e. The molecule has 1 saturated carbocycles. The first-order valence-corrected chi connectivity index (χ1v) is 3.81. The lowest BCUT2D eigenvalue weighted by molar-refractivity contribution is -0.0710. The molecule has 4 nitrogen and oxygen atoms in total. The molecule has 66 valence electrons. The minimum atomic E-state index is -0.226. The van der Waals surface area contributed by atoms with E-state index in [-0.39, 0.29) is 25.8 Å². The van der Waals surface area contributed by atoms with Crippen molar-refractivity contribution in [2.24, 2.45) is 0 Å². The van der Waals surface area contributed by atoms with Crippen molar-refractivity contribution in [2.75, 3.05) is 13.6 Å². The summed E-state index contributed by atoms with van der Waals surface area (Å²) >= 11 is 0. The summed E-state index contributed by atoms with van der Waals surface area (Å²) < 4.78 is 9.95. The van der Waals surface area contributed by atoms with E-state index in [0.717, 1.165) is 19.3 Å². The van der Waals surface area contributed by atoms with Crippen LogP contribution in [0.4, 0.5) is 0 Å². The van der Waals surface area contributed by atoms with Crippen LogP contribution in [0.5, 0.6) is 0 Å². The molecular formula is C7H14O4. The van der Waals surface area contributed by atoms with Gasteiger partial charge in [-0.2, -0.15) is 0 Å². The number of aliphatic hydroxyl groups is 2. The topological polar surface area (TPSA) is 58.9 Å². The van der Waals surface area contributed by atoms with Gasteiger partial charge in [0.15, 0.2) is 0 Å². The van der Waals surface area contributed by atoms with Gasteiger partial charge in [0.2, 0.25) is 0 Å².